The van der Waals surface area contributed by atoms with Crippen molar-refractivity contribution in [3.63, 3.8) is 0 Å². The number of nitrogens with zero attached hydrogens (tertiary/aromatic N) is 2. The maximum Gasteiger partial charge on any atom is 0.337 e. The lowest BCUT2D eigenvalue weighted by molar-refractivity contribution is 0.0600. The van der Waals surface area contributed by atoms with Crippen molar-refractivity contribution in [3.8, 4) is 0 Å². The van der Waals surface area contributed by atoms with Gasteiger partial charge in [-0.25, -0.2) is 9.59 Å². The molecular formula is C20H22ClN3O3. The minimum Gasteiger partial charge on any atom is -0.465 e. The van der Waals surface area contributed by atoms with E-state index in [-0.39, 0.29) is 6.03 Å². The summed E-state index contributed by atoms with van der Waals surface area (Å²) in [5.74, 6) is -0.432. The largest absolute Gasteiger partial charge is 0.465 e. The van der Waals surface area contributed by atoms with Crippen LogP contribution in [-0.2, 0) is 4.74 Å². The van der Waals surface area contributed by atoms with E-state index < -0.39 is 5.97 Å². The molecule has 0 bridgehead atoms. The summed E-state index contributed by atoms with van der Waals surface area (Å²) in [7, 11) is 1.33. The van der Waals surface area contributed by atoms with Crippen LogP contribution in [0.3, 0.4) is 0 Å². The average Bonchev–Trinajstić information content (AvgIpc) is 2.67. The van der Waals surface area contributed by atoms with Gasteiger partial charge in [0.1, 0.15) is 0 Å². The quantitative estimate of drug-likeness (QED) is 0.814. The van der Waals surface area contributed by atoms with Crippen LogP contribution in [0.4, 0.5) is 16.2 Å². The maximum atomic E-state index is 12.5. The van der Waals surface area contributed by atoms with Gasteiger partial charge in [-0.2, -0.15) is 0 Å². The van der Waals surface area contributed by atoms with Crippen LogP contribution in [0.1, 0.15) is 15.9 Å². The summed E-state index contributed by atoms with van der Waals surface area (Å²) in [6.07, 6.45) is 0. The standard InChI is InChI=1S/C20H22ClN3O3/c1-14-12-16(21)6-7-18(14)23-8-10-24(11-9-23)20(26)22-17-5-3-4-15(13-17)19(25)27-2/h3-7,12-13H,8-11H2,1-2H3,(H,22,26). The summed E-state index contributed by atoms with van der Waals surface area (Å²) in [5.41, 5.74) is 3.24. The highest BCUT2D eigenvalue weighted by atomic mass is 35.5. The molecule has 7 heteroatoms. The number of nitrogens with one attached hydrogen (secondary N) is 1. The van der Waals surface area contributed by atoms with Gasteiger partial charge in [-0.15, -0.1) is 0 Å². The second-order valence-electron chi connectivity index (χ2n) is 6.41. The topological polar surface area (TPSA) is 61.9 Å². The van der Waals surface area contributed by atoms with Gasteiger partial charge in [-0.05, 0) is 48.9 Å². The van der Waals surface area contributed by atoms with Crippen LogP contribution in [0.5, 0.6) is 0 Å². The molecule has 1 saturated heterocycles. The Morgan fingerprint density at radius 2 is 1.81 bits per heavy atom. The van der Waals surface area contributed by atoms with Gasteiger partial charge in [0, 0.05) is 42.6 Å². The van der Waals surface area contributed by atoms with Crippen LogP contribution < -0.4 is 10.2 Å². The number of methoxy groups -OCH3 is 1. The van der Waals surface area contributed by atoms with Crippen molar-refractivity contribution in [1.82, 2.24) is 4.90 Å². The van der Waals surface area contributed by atoms with E-state index in [1.165, 1.54) is 7.11 Å². The van der Waals surface area contributed by atoms with Crippen molar-refractivity contribution in [3.05, 3.63) is 58.6 Å². The number of aryl methyl sites for hydroxylation is 1. The van der Waals surface area contributed by atoms with E-state index in [0.29, 0.717) is 24.3 Å². The zero-order valence-electron chi connectivity index (χ0n) is 15.4. The molecule has 1 aliphatic heterocycles. The fourth-order valence-electron chi connectivity index (χ4n) is 3.17. The lowest BCUT2D eigenvalue weighted by Gasteiger charge is -2.36. The Morgan fingerprint density at radius 1 is 1.07 bits per heavy atom. The summed E-state index contributed by atoms with van der Waals surface area (Å²) in [6, 6.07) is 12.4. The maximum absolute atomic E-state index is 12.5. The summed E-state index contributed by atoms with van der Waals surface area (Å²) in [4.78, 5) is 28.2. The van der Waals surface area contributed by atoms with E-state index in [1.807, 2.05) is 25.1 Å². The third-order valence-corrected chi connectivity index (χ3v) is 4.84. The lowest BCUT2D eigenvalue weighted by atomic mass is 10.1. The van der Waals surface area contributed by atoms with E-state index in [0.717, 1.165) is 29.4 Å². The van der Waals surface area contributed by atoms with Crippen molar-refractivity contribution < 1.29 is 14.3 Å². The van der Waals surface area contributed by atoms with E-state index in [4.69, 9.17) is 16.3 Å². The van der Waals surface area contributed by atoms with Crippen molar-refractivity contribution >= 4 is 35.0 Å². The molecule has 0 atom stereocenters. The zero-order valence-corrected chi connectivity index (χ0v) is 16.1. The molecule has 2 aromatic carbocycles. The number of halogens is 1. The number of carbonyl (C=O) groups excluding carboxylic acids is 2. The van der Waals surface area contributed by atoms with Crippen LogP contribution in [-0.4, -0.2) is 50.2 Å². The third kappa shape index (κ3) is 4.52. The molecule has 3 rings (SSSR count). The van der Waals surface area contributed by atoms with Crippen LogP contribution in [0.2, 0.25) is 5.02 Å². The Hall–Kier alpha value is -2.73. The third-order valence-electron chi connectivity index (χ3n) is 4.60. The number of ether oxygens (including phenoxy) is 1. The molecule has 6 nitrogen and oxygen atoms in total. The van der Waals surface area contributed by atoms with E-state index in [1.54, 1.807) is 29.2 Å². The SMILES string of the molecule is COC(=O)c1cccc(NC(=O)N2CCN(c3ccc(Cl)cc3C)CC2)c1. The average molecular weight is 388 g/mol. The van der Waals surface area contributed by atoms with E-state index >= 15 is 0 Å². The predicted octanol–water partition coefficient (Wildman–Crippen LogP) is 3.79. The van der Waals surface area contributed by atoms with Crippen LogP contribution in [0.25, 0.3) is 0 Å². The summed E-state index contributed by atoms with van der Waals surface area (Å²) in [5, 5.41) is 3.57. The van der Waals surface area contributed by atoms with Gasteiger partial charge in [-0.1, -0.05) is 17.7 Å². The highest BCUT2D eigenvalue weighted by molar-refractivity contribution is 6.30. The van der Waals surface area contributed by atoms with Gasteiger partial charge < -0.3 is 19.9 Å². The van der Waals surface area contributed by atoms with Gasteiger partial charge in [0.25, 0.3) is 0 Å². The molecule has 27 heavy (non-hydrogen) atoms. The van der Waals surface area contributed by atoms with Crippen LogP contribution in [0, 0.1) is 6.92 Å². The molecule has 0 saturated carbocycles. The number of piperazine rings is 1. The van der Waals surface area contributed by atoms with Gasteiger partial charge in [0.15, 0.2) is 0 Å². The number of urea groups is 1. The zero-order chi connectivity index (χ0) is 19.4. The molecule has 1 N–H and O–H groups in total. The molecule has 0 unspecified atom stereocenters. The molecule has 0 aromatic heterocycles. The number of rotatable bonds is 3. The fraction of sp³-hybridized carbons (Fsp3) is 0.300. The molecule has 142 valence electrons. The Bertz CT molecular complexity index is 848. The molecule has 2 amide bonds. The van der Waals surface area contributed by atoms with Crippen LogP contribution in [0.15, 0.2) is 42.5 Å². The molecule has 0 aliphatic carbocycles. The highest BCUT2D eigenvalue weighted by Gasteiger charge is 2.22. The molecule has 1 aliphatic rings. The van der Waals surface area contributed by atoms with Gasteiger partial charge in [0.05, 0.1) is 12.7 Å². The molecular weight excluding hydrogens is 366 g/mol. The number of anilines is 2. The minimum atomic E-state index is -0.432. The Balaban J connectivity index is 1.59. The monoisotopic (exact) mass is 387 g/mol. The first-order chi connectivity index (χ1) is 13.0. The Labute approximate surface area is 163 Å². The molecule has 1 heterocycles. The second kappa shape index (κ2) is 8.31. The predicted molar refractivity (Wildman–Crippen MR) is 107 cm³/mol. The number of benzene rings is 2. The number of carbonyl (C=O) groups is 2. The second-order valence-corrected chi connectivity index (χ2v) is 6.84. The normalized spacial score (nSPS) is 14.0. The van der Waals surface area contributed by atoms with Gasteiger partial charge in [-0.3, -0.25) is 0 Å². The summed E-state index contributed by atoms with van der Waals surface area (Å²) < 4.78 is 4.71. The van der Waals surface area contributed by atoms with Gasteiger partial charge in [0.2, 0.25) is 0 Å². The van der Waals surface area contributed by atoms with Crippen molar-refractivity contribution in [1.29, 1.82) is 0 Å². The number of hydrogen-bond acceptors (Lipinski definition) is 4. The molecule has 0 radical (unpaired) electrons. The number of amides is 2. The molecule has 2 aromatic rings. The van der Waals surface area contributed by atoms with Crippen molar-refractivity contribution in [2.24, 2.45) is 0 Å². The fourth-order valence-corrected chi connectivity index (χ4v) is 3.40. The first-order valence-electron chi connectivity index (χ1n) is 8.73. The lowest BCUT2D eigenvalue weighted by Crippen LogP contribution is -2.50. The number of hydrogen-bond donors (Lipinski definition) is 1. The minimum absolute atomic E-state index is 0.176. The summed E-state index contributed by atoms with van der Waals surface area (Å²) in [6.45, 7) is 4.76. The first-order valence-corrected chi connectivity index (χ1v) is 9.11. The van der Waals surface area contributed by atoms with Crippen molar-refractivity contribution in [2.75, 3.05) is 43.5 Å². The van der Waals surface area contributed by atoms with E-state index in [2.05, 4.69) is 10.2 Å². The first kappa shape index (κ1) is 19.0. The Kier molecular flexibility index (Phi) is 5.86. The van der Waals surface area contributed by atoms with Crippen LogP contribution >= 0.6 is 11.6 Å². The highest BCUT2D eigenvalue weighted by Crippen LogP contribution is 2.24. The smallest absolute Gasteiger partial charge is 0.337 e. The van der Waals surface area contributed by atoms with Gasteiger partial charge >= 0.3 is 12.0 Å². The molecule has 0 spiro atoms. The summed E-state index contributed by atoms with van der Waals surface area (Å²) >= 11 is 6.03. The molecule has 1 fully saturated rings. The Morgan fingerprint density at radius 3 is 2.48 bits per heavy atom. The van der Waals surface area contributed by atoms with Crippen molar-refractivity contribution in [2.45, 2.75) is 6.92 Å². The number of esters is 1. The van der Waals surface area contributed by atoms with E-state index in [9.17, 15) is 9.59 Å².